The molecule has 4 heterocycles. The third kappa shape index (κ3) is 2.91. The highest BCUT2D eigenvalue weighted by Gasteiger charge is 2.53. The standard InChI is InChI=1S/C20H25N5O3S2/c1-12-11-29-18(22-12)30(27,28)25-6-4-20(5-7-25)13-10-21-24-17(13)23-14-8-19(2,3)9-15(26)16(14)20/h11,23H,4-10H2,1-3H3. The molecule has 0 radical (unpaired) electrons. The Bertz CT molecular complexity index is 1130. The van der Waals surface area contributed by atoms with Crippen molar-refractivity contribution in [1.29, 1.82) is 0 Å². The molecule has 1 aliphatic carbocycles. The number of fused-ring (bicyclic) bond motifs is 2. The molecule has 0 bridgehead atoms. The summed E-state index contributed by atoms with van der Waals surface area (Å²) in [6, 6.07) is 0. The van der Waals surface area contributed by atoms with Crippen molar-refractivity contribution in [2.75, 3.05) is 19.6 Å². The summed E-state index contributed by atoms with van der Waals surface area (Å²) in [4.78, 5) is 17.5. The predicted molar refractivity (Wildman–Crippen MR) is 112 cm³/mol. The molecule has 0 atom stereocenters. The van der Waals surface area contributed by atoms with Gasteiger partial charge in [-0.05, 0) is 31.6 Å². The lowest BCUT2D eigenvalue weighted by atomic mass is 9.60. The van der Waals surface area contributed by atoms with Crippen LogP contribution in [0, 0.1) is 17.8 Å². The van der Waals surface area contributed by atoms with Gasteiger partial charge in [0.1, 0.15) is 0 Å². The molecule has 5 rings (SSSR count). The number of sulfonamides is 1. The van der Waals surface area contributed by atoms with Gasteiger partial charge in [-0.2, -0.15) is 9.42 Å². The average molecular weight is 448 g/mol. The molecule has 160 valence electrons. The van der Waals surface area contributed by atoms with Gasteiger partial charge in [0.2, 0.25) is 4.34 Å². The number of hydrogen-bond donors (Lipinski definition) is 1. The van der Waals surface area contributed by atoms with Crippen molar-refractivity contribution in [3.05, 3.63) is 33.7 Å². The molecule has 30 heavy (non-hydrogen) atoms. The number of thiazole rings is 1. The first-order valence-electron chi connectivity index (χ1n) is 10.2. The van der Waals surface area contributed by atoms with Gasteiger partial charge in [-0.3, -0.25) is 4.79 Å². The highest BCUT2D eigenvalue weighted by Crippen LogP contribution is 2.55. The summed E-state index contributed by atoms with van der Waals surface area (Å²) in [5.41, 5.74) is 2.96. The van der Waals surface area contributed by atoms with E-state index in [1.165, 1.54) is 4.31 Å². The summed E-state index contributed by atoms with van der Waals surface area (Å²) < 4.78 is 27.8. The number of piperidine rings is 1. The summed E-state index contributed by atoms with van der Waals surface area (Å²) in [5, 5.41) is 13.7. The molecule has 1 saturated heterocycles. The first-order chi connectivity index (χ1) is 14.1. The molecule has 8 nitrogen and oxygen atoms in total. The van der Waals surface area contributed by atoms with Crippen LogP contribution in [0.1, 0.15) is 45.2 Å². The Morgan fingerprint density at radius 2 is 1.93 bits per heavy atom. The summed E-state index contributed by atoms with van der Waals surface area (Å²) in [6.45, 7) is 7.17. The van der Waals surface area contributed by atoms with Gasteiger partial charge in [0.05, 0.1) is 6.54 Å². The summed E-state index contributed by atoms with van der Waals surface area (Å²) in [7, 11) is -3.62. The van der Waals surface area contributed by atoms with E-state index in [1.54, 1.807) is 12.3 Å². The molecule has 0 amide bonds. The molecule has 3 aliphatic heterocycles. The maximum Gasteiger partial charge on any atom is 0.270 e. The van der Waals surface area contributed by atoms with Gasteiger partial charge >= 0.3 is 0 Å². The largest absolute Gasteiger partial charge is 0.342 e. The van der Waals surface area contributed by atoms with Gasteiger partial charge < -0.3 is 5.32 Å². The van der Waals surface area contributed by atoms with Crippen molar-refractivity contribution in [3.8, 4) is 0 Å². The van der Waals surface area contributed by atoms with Crippen molar-refractivity contribution < 1.29 is 13.2 Å². The van der Waals surface area contributed by atoms with Crippen LogP contribution in [-0.2, 0) is 14.8 Å². The van der Waals surface area contributed by atoms with Crippen LogP contribution >= 0.6 is 11.3 Å². The van der Waals surface area contributed by atoms with E-state index in [-0.39, 0.29) is 15.5 Å². The second-order valence-corrected chi connectivity index (χ2v) is 12.4. The lowest BCUT2D eigenvalue weighted by Gasteiger charge is -2.48. The first kappa shape index (κ1) is 20.0. The fourth-order valence-corrected chi connectivity index (χ4v) is 7.90. The Hall–Kier alpha value is -1.91. The van der Waals surface area contributed by atoms with Crippen molar-refractivity contribution in [2.45, 2.75) is 50.8 Å². The van der Waals surface area contributed by atoms with Gasteiger partial charge in [0, 0.05) is 52.8 Å². The molecule has 0 unspecified atom stereocenters. The van der Waals surface area contributed by atoms with Gasteiger partial charge in [-0.15, -0.1) is 16.5 Å². The van der Waals surface area contributed by atoms with E-state index in [4.69, 9.17) is 0 Å². The zero-order valence-electron chi connectivity index (χ0n) is 17.4. The number of hydrogen-bond acceptors (Lipinski definition) is 8. The molecule has 10 heteroatoms. The molecule has 1 aromatic rings. The SMILES string of the molecule is Cc1csc(S(=O)(=O)N2CCC3(CC2)C2=C(N=NC2)NC2=C3C(=O)CC(C)(C)C2)n1. The highest BCUT2D eigenvalue weighted by molar-refractivity contribution is 7.91. The van der Waals surface area contributed by atoms with Crippen LogP contribution in [0.15, 0.2) is 42.6 Å². The normalized spacial score (nSPS) is 25.5. The molecule has 1 aromatic heterocycles. The minimum absolute atomic E-state index is 0.106. The van der Waals surface area contributed by atoms with E-state index in [0.717, 1.165) is 40.4 Å². The average Bonchev–Trinajstić information content (AvgIpc) is 3.30. The number of carbonyl (C=O) groups is 1. The number of dihydropyridines is 1. The molecule has 4 aliphatic rings. The van der Waals surface area contributed by atoms with E-state index >= 15 is 0 Å². The number of carbonyl (C=O) groups excluding carboxylic acids is 1. The second kappa shape index (κ2) is 6.54. The molecule has 0 saturated carbocycles. The lowest BCUT2D eigenvalue weighted by molar-refractivity contribution is -0.119. The predicted octanol–water partition coefficient (Wildman–Crippen LogP) is 3.15. The van der Waals surface area contributed by atoms with Gasteiger partial charge in [-0.1, -0.05) is 13.8 Å². The maximum atomic E-state index is 13.3. The Morgan fingerprint density at radius 1 is 1.20 bits per heavy atom. The smallest absolute Gasteiger partial charge is 0.270 e. The molecule has 0 aromatic carbocycles. The van der Waals surface area contributed by atoms with Crippen LogP contribution in [0.4, 0.5) is 0 Å². The lowest BCUT2D eigenvalue weighted by Crippen LogP contribution is -2.50. The van der Waals surface area contributed by atoms with E-state index in [9.17, 15) is 13.2 Å². The fraction of sp³-hybridized carbons (Fsp3) is 0.600. The number of allylic oxidation sites excluding steroid dienone is 2. The maximum absolute atomic E-state index is 13.3. The van der Waals surface area contributed by atoms with Crippen molar-refractivity contribution in [3.63, 3.8) is 0 Å². The minimum atomic E-state index is -3.62. The summed E-state index contributed by atoms with van der Waals surface area (Å²) >= 11 is 1.16. The number of ketones is 1. The van der Waals surface area contributed by atoms with E-state index < -0.39 is 15.4 Å². The number of Topliss-reactive ketones (excluding diaryl/α,β-unsaturated/α-hetero) is 1. The monoisotopic (exact) mass is 447 g/mol. The second-order valence-electron chi connectivity index (χ2n) is 9.39. The highest BCUT2D eigenvalue weighted by atomic mass is 32.2. The van der Waals surface area contributed by atoms with Crippen LogP contribution in [0.2, 0.25) is 0 Å². The van der Waals surface area contributed by atoms with Crippen LogP contribution in [-0.4, -0.2) is 43.1 Å². The van der Waals surface area contributed by atoms with Crippen LogP contribution in [0.3, 0.4) is 0 Å². The summed E-state index contributed by atoms with van der Waals surface area (Å²) in [6.07, 6.45) is 2.41. The van der Waals surface area contributed by atoms with Gasteiger partial charge in [0.25, 0.3) is 10.0 Å². The Balaban J connectivity index is 1.50. The minimum Gasteiger partial charge on any atom is -0.342 e. The molecule has 1 N–H and O–H groups in total. The Kier molecular flexibility index (Phi) is 4.37. The summed E-state index contributed by atoms with van der Waals surface area (Å²) in [5.74, 6) is 0.921. The molecule has 1 fully saturated rings. The molecule has 1 spiro atoms. The van der Waals surface area contributed by atoms with E-state index in [1.807, 2.05) is 0 Å². The molecular weight excluding hydrogens is 422 g/mol. The van der Waals surface area contributed by atoms with Crippen molar-refractivity contribution >= 4 is 27.1 Å². The molecular formula is C20H25N5O3S2. The van der Waals surface area contributed by atoms with Crippen molar-refractivity contribution in [1.82, 2.24) is 14.6 Å². The topological polar surface area (TPSA) is 104 Å². The van der Waals surface area contributed by atoms with E-state index in [0.29, 0.717) is 44.6 Å². The Labute approximate surface area is 180 Å². The van der Waals surface area contributed by atoms with Gasteiger partial charge in [-0.25, -0.2) is 13.4 Å². The Morgan fingerprint density at radius 3 is 2.60 bits per heavy atom. The van der Waals surface area contributed by atoms with Crippen molar-refractivity contribution in [2.24, 2.45) is 21.1 Å². The number of aryl methyl sites for hydroxylation is 1. The van der Waals surface area contributed by atoms with Gasteiger partial charge in [0.15, 0.2) is 11.6 Å². The zero-order chi connectivity index (χ0) is 21.3. The van der Waals surface area contributed by atoms with Crippen LogP contribution in [0.25, 0.3) is 0 Å². The van der Waals surface area contributed by atoms with E-state index in [2.05, 4.69) is 34.4 Å². The third-order valence-electron chi connectivity index (χ3n) is 6.62. The number of rotatable bonds is 2. The number of azo groups is 1. The van der Waals surface area contributed by atoms with Crippen LogP contribution in [0.5, 0.6) is 0 Å². The zero-order valence-corrected chi connectivity index (χ0v) is 19.0. The first-order valence-corrected chi connectivity index (χ1v) is 12.5. The number of aromatic nitrogens is 1. The fourth-order valence-electron chi connectivity index (χ4n) is 5.29. The number of nitrogens with one attached hydrogen (secondary N) is 1. The third-order valence-corrected chi connectivity index (χ3v) is 9.87. The quantitative estimate of drug-likeness (QED) is 0.750. The number of nitrogens with zero attached hydrogens (tertiary/aromatic N) is 4. The van der Waals surface area contributed by atoms with Crippen LogP contribution < -0.4 is 5.32 Å².